The molecule has 1 spiro atoms. The summed E-state index contributed by atoms with van der Waals surface area (Å²) in [5.74, 6) is 1.86. The van der Waals surface area contributed by atoms with Crippen LogP contribution in [0.15, 0.2) is 84.9 Å². The van der Waals surface area contributed by atoms with E-state index in [4.69, 9.17) is 9.31 Å². The Labute approximate surface area is 278 Å². The minimum atomic E-state index is -2.09. The van der Waals surface area contributed by atoms with E-state index in [0.29, 0.717) is 0 Å². The van der Waals surface area contributed by atoms with Crippen LogP contribution in [-0.2, 0) is 0 Å². The molecule has 47 heavy (non-hydrogen) atoms. The molecule has 0 fully saturated rings. The van der Waals surface area contributed by atoms with Gasteiger partial charge in [-0.3, -0.25) is 8.97 Å². The molecular formula is C42H48BN2O2+. The molecule has 2 heterocycles. The molecule has 5 heteroatoms. The Balaban J connectivity index is 1.35. The van der Waals surface area contributed by atoms with Gasteiger partial charge in [0.15, 0.2) is 10.7 Å². The van der Waals surface area contributed by atoms with Crippen LogP contribution < -0.4 is 29.0 Å². The van der Waals surface area contributed by atoms with E-state index in [1.165, 1.54) is 118 Å². The molecule has 2 aliphatic heterocycles. The van der Waals surface area contributed by atoms with Crippen LogP contribution in [0.5, 0.6) is 11.5 Å². The Bertz CT molecular complexity index is 2020. The van der Waals surface area contributed by atoms with E-state index >= 15 is 0 Å². The van der Waals surface area contributed by atoms with Crippen LogP contribution in [0.25, 0.3) is 43.1 Å². The number of hydrogen-bond acceptors (Lipinski definition) is 2. The Morgan fingerprint density at radius 2 is 0.809 bits per heavy atom. The second-order valence-corrected chi connectivity index (χ2v) is 14.0. The first-order valence-corrected chi connectivity index (χ1v) is 18.5. The van der Waals surface area contributed by atoms with Crippen molar-refractivity contribution in [3.63, 3.8) is 0 Å². The van der Waals surface area contributed by atoms with Gasteiger partial charge in [-0.15, -0.1) is 0 Å². The van der Waals surface area contributed by atoms with Crippen molar-refractivity contribution in [1.82, 2.24) is 8.97 Å². The lowest BCUT2D eigenvalue weighted by Crippen LogP contribution is -2.78. The molecule has 6 aromatic carbocycles. The van der Waals surface area contributed by atoms with Gasteiger partial charge in [0.1, 0.15) is 13.1 Å². The van der Waals surface area contributed by atoms with Crippen molar-refractivity contribution in [3.8, 4) is 11.5 Å². The molecule has 0 N–H and O–H groups in total. The first kappa shape index (κ1) is 30.2. The lowest BCUT2D eigenvalue weighted by atomic mass is 9.79. The molecule has 0 amide bonds. The highest BCUT2D eigenvalue weighted by Crippen LogP contribution is 2.38. The standard InChI is InChI=1S/C42H48BN2O2/c1-3-5-7-9-11-13-29-44-35-25-21-31-17-15-19-33-23-27-37(41(35)39(31)33)46-43(44)45(30-14-12-10-8-6-4-2)36-26-22-32-18-16-20-34-24-28-38(47-43)42(36)40(32)34/h15-28H,3-14,29-30H2,1-2H3/q+1. The van der Waals surface area contributed by atoms with Gasteiger partial charge in [-0.25, -0.2) is 0 Å². The molecule has 0 aliphatic carbocycles. The Morgan fingerprint density at radius 3 is 1.23 bits per heavy atom. The van der Waals surface area contributed by atoms with E-state index in [-0.39, 0.29) is 0 Å². The van der Waals surface area contributed by atoms with E-state index in [1.54, 1.807) is 0 Å². The number of hydrogen-bond donors (Lipinski definition) is 0. The SMILES string of the molecule is CCCCCCCC[N+]1=c2ccc3cccc4ccc(c2c43)O[B-]12Oc1ccc3cccc4ccc(c1c34)=[N+]2CCCCCCCC. The zero-order valence-corrected chi connectivity index (χ0v) is 28.3. The summed E-state index contributed by atoms with van der Waals surface area (Å²) < 4.78 is 20.0. The highest BCUT2D eigenvalue weighted by molar-refractivity contribution is 6.66. The van der Waals surface area contributed by atoms with Crippen LogP contribution in [0.2, 0.25) is 0 Å². The molecule has 6 aromatic rings. The predicted molar refractivity (Wildman–Crippen MR) is 199 cm³/mol. The van der Waals surface area contributed by atoms with Gasteiger partial charge in [0.2, 0.25) is 0 Å². The summed E-state index contributed by atoms with van der Waals surface area (Å²) >= 11 is 0. The largest absolute Gasteiger partial charge is 0.951 e. The van der Waals surface area contributed by atoms with Gasteiger partial charge in [-0.2, -0.15) is 0 Å². The molecule has 8 rings (SSSR count). The highest BCUT2D eigenvalue weighted by atomic mass is 16.6. The molecule has 4 nitrogen and oxygen atoms in total. The van der Waals surface area contributed by atoms with Gasteiger partial charge in [0, 0.05) is 35.7 Å². The smallest absolute Gasteiger partial charge is 0.553 e. The maximum atomic E-state index is 7.45. The second-order valence-electron chi connectivity index (χ2n) is 14.0. The van der Waals surface area contributed by atoms with E-state index in [0.717, 1.165) is 37.4 Å². The summed E-state index contributed by atoms with van der Waals surface area (Å²) in [6.45, 7) is 4.27. The molecular weight excluding hydrogens is 575 g/mol. The van der Waals surface area contributed by atoms with Crippen molar-refractivity contribution in [2.24, 2.45) is 0 Å². The van der Waals surface area contributed by atoms with Crippen LogP contribution >= 0.6 is 0 Å². The third-order valence-electron chi connectivity index (χ3n) is 10.9. The van der Waals surface area contributed by atoms with E-state index < -0.39 is 6.82 Å². The summed E-state index contributed by atoms with van der Waals surface area (Å²) in [6, 6.07) is 31.4. The van der Waals surface area contributed by atoms with Crippen LogP contribution in [0.3, 0.4) is 0 Å². The van der Waals surface area contributed by atoms with Crippen LogP contribution in [0, 0.1) is 0 Å². The maximum absolute atomic E-state index is 7.45. The molecule has 0 bridgehead atoms. The van der Waals surface area contributed by atoms with Crippen molar-refractivity contribution >= 4 is 49.9 Å². The molecule has 0 unspecified atom stereocenters. The highest BCUT2D eigenvalue weighted by Gasteiger charge is 2.66. The van der Waals surface area contributed by atoms with Gasteiger partial charge in [0.05, 0.1) is 22.3 Å². The molecule has 0 saturated carbocycles. The zero-order valence-electron chi connectivity index (χ0n) is 28.3. The van der Waals surface area contributed by atoms with E-state index in [9.17, 15) is 0 Å². The normalized spacial score (nSPS) is 14.9. The number of unbranched alkanes of at least 4 members (excludes halogenated alkanes) is 10. The second kappa shape index (κ2) is 12.8. The summed E-state index contributed by atoms with van der Waals surface area (Å²) in [5, 5.41) is 12.5. The van der Waals surface area contributed by atoms with Gasteiger partial charge < -0.3 is 9.31 Å². The number of benzene rings is 6. The predicted octanol–water partition coefficient (Wildman–Crippen LogP) is 9.36. The first-order valence-electron chi connectivity index (χ1n) is 18.5. The summed E-state index contributed by atoms with van der Waals surface area (Å²) in [6.07, 6.45) is 15.0. The fourth-order valence-corrected chi connectivity index (χ4v) is 8.56. The zero-order chi connectivity index (χ0) is 31.8. The fourth-order valence-electron chi connectivity index (χ4n) is 8.56. The van der Waals surface area contributed by atoms with Crippen molar-refractivity contribution in [3.05, 3.63) is 95.6 Å². The topological polar surface area (TPSA) is 24.5 Å². The summed E-state index contributed by atoms with van der Waals surface area (Å²) in [4.78, 5) is 0. The van der Waals surface area contributed by atoms with E-state index in [2.05, 4.69) is 108 Å². The van der Waals surface area contributed by atoms with Gasteiger partial charge in [-0.1, -0.05) is 114 Å². The molecule has 0 radical (unpaired) electrons. The molecule has 0 aromatic heterocycles. The van der Waals surface area contributed by atoms with Gasteiger partial charge in [-0.05, 0) is 58.7 Å². The third-order valence-corrected chi connectivity index (χ3v) is 10.9. The maximum Gasteiger partial charge on any atom is 0.951 e. The van der Waals surface area contributed by atoms with Crippen LogP contribution in [-0.4, -0.2) is 19.9 Å². The van der Waals surface area contributed by atoms with Crippen molar-refractivity contribution in [1.29, 1.82) is 0 Å². The fraction of sp³-hybridized carbons (Fsp3) is 0.381. The van der Waals surface area contributed by atoms with E-state index in [1.807, 2.05) is 0 Å². The Kier molecular flexibility index (Phi) is 8.25. The summed E-state index contributed by atoms with van der Waals surface area (Å²) in [5.41, 5.74) is 0. The monoisotopic (exact) mass is 623 g/mol. The average molecular weight is 624 g/mol. The average Bonchev–Trinajstić information content (AvgIpc) is 3.10. The lowest BCUT2D eigenvalue weighted by molar-refractivity contribution is 0.295. The van der Waals surface area contributed by atoms with Gasteiger partial charge >= 0.3 is 6.82 Å². The lowest BCUT2D eigenvalue weighted by Gasteiger charge is -2.38. The van der Waals surface area contributed by atoms with Crippen molar-refractivity contribution in [2.75, 3.05) is 13.1 Å². The Hall–Kier alpha value is -4.12. The van der Waals surface area contributed by atoms with Gasteiger partial charge in [0.25, 0.3) is 0 Å². The quantitative estimate of drug-likeness (QED) is 0.0892. The van der Waals surface area contributed by atoms with Crippen LogP contribution in [0.4, 0.5) is 0 Å². The number of nitrogens with zero attached hydrogens (tertiary/aromatic N) is 2. The van der Waals surface area contributed by atoms with Crippen LogP contribution in [0.1, 0.15) is 90.9 Å². The molecule has 240 valence electrons. The van der Waals surface area contributed by atoms with Crippen molar-refractivity contribution in [2.45, 2.75) is 90.9 Å². The number of rotatable bonds is 14. The third kappa shape index (κ3) is 5.14. The molecule has 0 atom stereocenters. The minimum Gasteiger partial charge on any atom is -0.553 e. The molecule has 0 saturated heterocycles. The molecule has 2 aliphatic rings. The van der Waals surface area contributed by atoms with Crippen molar-refractivity contribution < 1.29 is 9.31 Å². The summed E-state index contributed by atoms with van der Waals surface area (Å²) in [7, 11) is 0. The Morgan fingerprint density at radius 1 is 0.426 bits per heavy atom. The minimum absolute atomic E-state index is 0.891. The first-order chi connectivity index (χ1) is 23.2.